The first kappa shape index (κ1) is 14.3. The Morgan fingerprint density at radius 1 is 1.20 bits per heavy atom. The van der Waals surface area contributed by atoms with Crippen molar-refractivity contribution in [1.29, 1.82) is 0 Å². The molecule has 2 rings (SSSR count). The second kappa shape index (κ2) is 7.50. The lowest BCUT2D eigenvalue weighted by Crippen LogP contribution is -2.25. The predicted molar refractivity (Wildman–Crippen MR) is 80.0 cm³/mol. The summed E-state index contributed by atoms with van der Waals surface area (Å²) in [4.78, 5) is 11.5. The van der Waals surface area contributed by atoms with Crippen LogP contribution in [0.2, 0.25) is 0 Å². The minimum atomic E-state index is 0.0349. The van der Waals surface area contributed by atoms with Crippen molar-refractivity contribution in [2.24, 2.45) is 0 Å². The summed E-state index contributed by atoms with van der Waals surface area (Å²) in [6, 6.07) is 13.2. The van der Waals surface area contributed by atoms with Gasteiger partial charge in [0, 0.05) is 31.9 Å². The normalized spacial score (nSPS) is 10.4. The van der Waals surface area contributed by atoms with Crippen LogP contribution in [0.15, 0.2) is 53.5 Å². The molecule has 0 aliphatic carbocycles. The molecule has 4 heteroatoms. The fourth-order valence-corrected chi connectivity index (χ4v) is 1.99. The number of rotatable bonds is 7. The van der Waals surface area contributed by atoms with Crippen LogP contribution in [0.3, 0.4) is 0 Å². The molecule has 0 bridgehead atoms. The molecular weight excluding hydrogens is 252 g/mol. The Kier molecular flexibility index (Phi) is 5.38. The first-order chi connectivity index (χ1) is 9.79. The number of hydrogen-bond donors (Lipinski definition) is 1. The second-order valence-corrected chi connectivity index (χ2v) is 4.49. The van der Waals surface area contributed by atoms with Crippen LogP contribution in [-0.2, 0) is 13.1 Å². The number of benzene rings is 1. The SMILES string of the molecule is CCOc1cccc(CNCCn2ccccc2=O)c1. The average Bonchev–Trinajstić information content (AvgIpc) is 2.46. The van der Waals surface area contributed by atoms with E-state index in [4.69, 9.17) is 4.74 Å². The first-order valence-electron chi connectivity index (χ1n) is 6.87. The number of nitrogens with one attached hydrogen (secondary N) is 1. The zero-order chi connectivity index (χ0) is 14.2. The topological polar surface area (TPSA) is 43.3 Å². The van der Waals surface area contributed by atoms with E-state index in [1.165, 1.54) is 5.56 Å². The van der Waals surface area contributed by atoms with Gasteiger partial charge in [0.05, 0.1) is 6.61 Å². The highest BCUT2D eigenvalue weighted by molar-refractivity contribution is 5.28. The maximum Gasteiger partial charge on any atom is 0.250 e. The van der Waals surface area contributed by atoms with E-state index >= 15 is 0 Å². The van der Waals surface area contributed by atoms with Crippen LogP contribution < -0.4 is 15.6 Å². The van der Waals surface area contributed by atoms with Crippen molar-refractivity contribution >= 4 is 0 Å². The van der Waals surface area contributed by atoms with E-state index in [2.05, 4.69) is 11.4 Å². The number of hydrogen-bond acceptors (Lipinski definition) is 3. The zero-order valence-corrected chi connectivity index (χ0v) is 11.7. The van der Waals surface area contributed by atoms with Crippen LogP contribution in [0.25, 0.3) is 0 Å². The van der Waals surface area contributed by atoms with Crippen molar-refractivity contribution in [2.75, 3.05) is 13.2 Å². The van der Waals surface area contributed by atoms with Crippen molar-refractivity contribution in [3.63, 3.8) is 0 Å². The number of ether oxygens (including phenoxy) is 1. The Bertz CT molecular complexity index is 593. The third-order valence-electron chi connectivity index (χ3n) is 2.97. The molecule has 0 saturated carbocycles. The summed E-state index contributed by atoms with van der Waals surface area (Å²) < 4.78 is 7.16. The van der Waals surface area contributed by atoms with Gasteiger partial charge in [-0.1, -0.05) is 18.2 Å². The summed E-state index contributed by atoms with van der Waals surface area (Å²) in [6.07, 6.45) is 1.81. The van der Waals surface area contributed by atoms with Gasteiger partial charge in [0.2, 0.25) is 0 Å². The molecule has 0 atom stereocenters. The molecule has 0 fully saturated rings. The molecule has 2 aromatic rings. The number of pyridine rings is 1. The highest BCUT2D eigenvalue weighted by atomic mass is 16.5. The van der Waals surface area contributed by atoms with Crippen LogP contribution in [0.1, 0.15) is 12.5 Å². The Balaban J connectivity index is 1.80. The molecule has 4 nitrogen and oxygen atoms in total. The van der Waals surface area contributed by atoms with Gasteiger partial charge >= 0.3 is 0 Å². The lowest BCUT2D eigenvalue weighted by Gasteiger charge is -2.08. The fourth-order valence-electron chi connectivity index (χ4n) is 1.99. The van der Waals surface area contributed by atoms with E-state index in [9.17, 15) is 4.79 Å². The van der Waals surface area contributed by atoms with Gasteiger partial charge in [-0.25, -0.2) is 0 Å². The van der Waals surface area contributed by atoms with E-state index in [1.807, 2.05) is 31.2 Å². The summed E-state index contributed by atoms with van der Waals surface area (Å²) in [6.45, 7) is 4.84. The number of nitrogens with zero attached hydrogens (tertiary/aromatic N) is 1. The Labute approximate surface area is 119 Å². The minimum absolute atomic E-state index is 0.0349. The van der Waals surface area contributed by atoms with Gasteiger partial charge in [-0.3, -0.25) is 4.79 Å². The quantitative estimate of drug-likeness (QED) is 0.784. The monoisotopic (exact) mass is 272 g/mol. The molecule has 0 radical (unpaired) electrons. The van der Waals surface area contributed by atoms with Gasteiger partial charge in [0.15, 0.2) is 0 Å². The van der Waals surface area contributed by atoms with Crippen LogP contribution in [-0.4, -0.2) is 17.7 Å². The van der Waals surface area contributed by atoms with Gasteiger partial charge in [0.1, 0.15) is 5.75 Å². The molecule has 1 N–H and O–H groups in total. The van der Waals surface area contributed by atoms with E-state index in [0.717, 1.165) is 18.8 Å². The van der Waals surface area contributed by atoms with Crippen LogP contribution in [0.5, 0.6) is 5.75 Å². The third kappa shape index (κ3) is 4.24. The summed E-state index contributed by atoms with van der Waals surface area (Å²) in [7, 11) is 0. The Hall–Kier alpha value is -2.07. The van der Waals surface area contributed by atoms with Gasteiger partial charge in [-0.05, 0) is 30.7 Å². The summed E-state index contributed by atoms with van der Waals surface area (Å²) in [5.74, 6) is 0.895. The largest absolute Gasteiger partial charge is 0.494 e. The molecule has 0 saturated heterocycles. The van der Waals surface area contributed by atoms with Gasteiger partial charge in [-0.2, -0.15) is 0 Å². The molecule has 1 aromatic heterocycles. The van der Waals surface area contributed by atoms with Crippen molar-refractivity contribution < 1.29 is 4.74 Å². The average molecular weight is 272 g/mol. The van der Waals surface area contributed by atoms with E-state index < -0.39 is 0 Å². The molecule has 0 aliphatic rings. The molecule has 0 aliphatic heterocycles. The van der Waals surface area contributed by atoms with E-state index in [0.29, 0.717) is 13.2 Å². The molecule has 0 spiro atoms. The third-order valence-corrected chi connectivity index (χ3v) is 2.97. The maximum absolute atomic E-state index is 11.5. The van der Waals surface area contributed by atoms with E-state index in [1.54, 1.807) is 22.9 Å². The maximum atomic E-state index is 11.5. The van der Waals surface area contributed by atoms with Crippen molar-refractivity contribution in [1.82, 2.24) is 9.88 Å². The molecule has 1 heterocycles. The second-order valence-electron chi connectivity index (χ2n) is 4.49. The van der Waals surface area contributed by atoms with Crippen LogP contribution in [0, 0.1) is 0 Å². The smallest absolute Gasteiger partial charge is 0.250 e. The minimum Gasteiger partial charge on any atom is -0.494 e. The Morgan fingerprint density at radius 2 is 2.10 bits per heavy atom. The molecule has 20 heavy (non-hydrogen) atoms. The molecule has 1 aromatic carbocycles. The van der Waals surface area contributed by atoms with Crippen LogP contribution in [0.4, 0.5) is 0 Å². The van der Waals surface area contributed by atoms with Gasteiger partial charge in [0.25, 0.3) is 5.56 Å². The highest BCUT2D eigenvalue weighted by Gasteiger charge is 1.97. The zero-order valence-electron chi connectivity index (χ0n) is 11.7. The van der Waals surface area contributed by atoms with Crippen LogP contribution >= 0.6 is 0 Å². The van der Waals surface area contributed by atoms with E-state index in [-0.39, 0.29) is 5.56 Å². The lowest BCUT2D eigenvalue weighted by molar-refractivity contribution is 0.340. The van der Waals surface area contributed by atoms with Crippen molar-refractivity contribution in [3.05, 3.63) is 64.6 Å². The summed E-state index contributed by atoms with van der Waals surface area (Å²) in [5.41, 5.74) is 1.21. The molecular formula is C16H20N2O2. The van der Waals surface area contributed by atoms with Crippen molar-refractivity contribution in [3.8, 4) is 5.75 Å². The highest BCUT2D eigenvalue weighted by Crippen LogP contribution is 2.12. The molecule has 0 unspecified atom stereocenters. The first-order valence-corrected chi connectivity index (χ1v) is 6.87. The lowest BCUT2D eigenvalue weighted by atomic mass is 10.2. The fraction of sp³-hybridized carbons (Fsp3) is 0.312. The summed E-state index contributed by atoms with van der Waals surface area (Å²) in [5, 5.41) is 3.33. The predicted octanol–water partition coefficient (Wildman–Crippen LogP) is 2.04. The van der Waals surface area contributed by atoms with Crippen molar-refractivity contribution in [2.45, 2.75) is 20.0 Å². The van der Waals surface area contributed by atoms with Gasteiger partial charge < -0.3 is 14.6 Å². The molecule has 106 valence electrons. The standard InChI is InChI=1S/C16H20N2O2/c1-2-20-15-7-5-6-14(12-15)13-17-9-11-18-10-4-3-8-16(18)19/h3-8,10,12,17H,2,9,11,13H2,1H3. The Morgan fingerprint density at radius 3 is 2.90 bits per heavy atom. The number of aromatic nitrogens is 1. The molecule has 0 amide bonds. The summed E-state index contributed by atoms with van der Waals surface area (Å²) >= 11 is 0. The van der Waals surface area contributed by atoms with Gasteiger partial charge in [-0.15, -0.1) is 0 Å².